The number of carbonyl (C=O) groups excluding carboxylic acids is 1. The molecule has 36 heavy (non-hydrogen) atoms. The molecule has 1 aliphatic rings. The summed E-state index contributed by atoms with van der Waals surface area (Å²) < 4.78 is 26.5. The molecular formula is C28H19BrFNO3S2. The van der Waals surface area contributed by atoms with Crippen molar-refractivity contribution in [2.24, 2.45) is 0 Å². The van der Waals surface area contributed by atoms with E-state index in [4.69, 9.17) is 21.7 Å². The molecule has 1 fully saturated rings. The zero-order chi connectivity index (χ0) is 25.2. The molecule has 8 heteroatoms. The molecule has 180 valence electrons. The number of nitrogens with zero attached hydrogens (tertiary/aromatic N) is 1. The Morgan fingerprint density at radius 1 is 1.06 bits per heavy atom. The van der Waals surface area contributed by atoms with Crippen molar-refractivity contribution in [1.29, 1.82) is 0 Å². The number of fused-ring (bicyclic) bond motifs is 1. The van der Waals surface area contributed by atoms with Crippen LogP contribution in [0.3, 0.4) is 0 Å². The van der Waals surface area contributed by atoms with E-state index in [9.17, 15) is 9.18 Å². The van der Waals surface area contributed by atoms with E-state index < -0.39 is 5.82 Å². The van der Waals surface area contributed by atoms with Gasteiger partial charge in [-0.2, -0.15) is 0 Å². The lowest BCUT2D eigenvalue weighted by molar-refractivity contribution is -0.113. The smallest absolute Gasteiger partial charge is 0.270 e. The number of rotatable bonds is 6. The predicted molar refractivity (Wildman–Crippen MR) is 151 cm³/mol. The summed E-state index contributed by atoms with van der Waals surface area (Å²) in [6.07, 6.45) is 1.74. The molecule has 4 aromatic carbocycles. The molecule has 0 radical (unpaired) electrons. The first-order valence-electron chi connectivity index (χ1n) is 10.9. The van der Waals surface area contributed by atoms with E-state index in [1.807, 2.05) is 30.3 Å². The first-order valence-corrected chi connectivity index (χ1v) is 13.0. The van der Waals surface area contributed by atoms with Crippen LogP contribution in [0.1, 0.15) is 11.1 Å². The van der Waals surface area contributed by atoms with Gasteiger partial charge in [-0.05, 0) is 74.2 Å². The summed E-state index contributed by atoms with van der Waals surface area (Å²) >= 11 is 10.2. The number of methoxy groups -OCH3 is 1. The Morgan fingerprint density at radius 3 is 2.64 bits per heavy atom. The van der Waals surface area contributed by atoms with Crippen LogP contribution in [0.5, 0.6) is 11.5 Å². The molecule has 0 atom stereocenters. The van der Waals surface area contributed by atoms with Gasteiger partial charge < -0.3 is 9.47 Å². The number of benzene rings is 4. The molecule has 1 aliphatic heterocycles. The summed E-state index contributed by atoms with van der Waals surface area (Å²) in [6, 6.07) is 23.8. The first-order chi connectivity index (χ1) is 17.4. The van der Waals surface area contributed by atoms with E-state index in [2.05, 4.69) is 34.1 Å². The zero-order valence-corrected chi connectivity index (χ0v) is 22.3. The first kappa shape index (κ1) is 24.5. The minimum absolute atomic E-state index is 0.304. The predicted octanol–water partition coefficient (Wildman–Crippen LogP) is 7.73. The summed E-state index contributed by atoms with van der Waals surface area (Å²) in [5.74, 6) is 0.353. The van der Waals surface area contributed by atoms with Gasteiger partial charge >= 0.3 is 0 Å². The highest BCUT2D eigenvalue weighted by Gasteiger charge is 2.33. The highest BCUT2D eigenvalue weighted by atomic mass is 79.9. The number of amides is 1. The van der Waals surface area contributed by atoms with Crippen molar-refractivity contribution >= 4 is 72.7 Å². The summed E-state index contributed by atoms with van der Waals surface area (Å²) in [5.41, 5.74) is 2.19. The van der Waals surface area contributed by atoms with E-state index in [-0.39, 0.29) is 5.91 Å². The topological polar surface area (TPSA) is 38.8 Å². The number of anilines is 1. The second-order valence-electron chi connectivity index (χ2n) is 7.96. The molecule has 0 unspecified atom stereocenters. The number of halogens is 2. The van der Waals surface area contributed by atoms with Gasteiger partial charge in [0.25, 0.3) is 5.91 Å². The van der Waals surface area contributed by atoms with Gasteiger partial charge in [-0.15, -0.1) is 0 Å². The molecule has 1 saturated heterocycles. The number of carbonyl (C=O) groups is 1. The standard InChI is InChI=1S/C28H19BrFNO3S2/c1-33-24-13-17(14-25-27(32)31(28(35)36-25)21-10-5-9-20(30)15-21)12-23(29)26(24)34-16-19-8-4-7-18-6-2-3-11-22(18)19/h2-15H,16H2,1H3/b25-14+. The molecule has 4 nitrogen and oxygen atoms in total. The average molecular weight is 581 g/mol. The zero-order valence-electron chi connectivity index (χ0n) is 19.0. The maximum Gasteiger partial charge on any atom is 0.270 e. The Bertz CT molecular complexity index is 1530. The Balaban J connectivity index is 1.41. The third-order valence-electron chi connectivity index (χ3n) is 5.66. The van der Waals surface area contributed by atoms with Crippen molar-refractivity contribution in [3.63, 3.8) is 0 Å². The monoisotopic (exact) mass is 579 g/mol. The number of hydrogen-bond donors (Lipinski definition) is 0. The van der Waals surface area contributed by atoms with Crippen molar-refractivity contribution < 1.29 is 18.7 Å². The minimum atomic E-state index is -0.432. The van der Waals surface area contributed by atoms with Crippen molar-refractivity contribution in [3.8, 4) is 11.5 Å². The fraction of sp³-hybridized carbons (Fsp3) is 0.0714. The highest BCUT2D eigenvalue weighted by molar-refractivity contribution is 9.10. The van der Waals surface area contributed by atoms with Gasteiger partial charge in [0.1, 0.15) is 12.4 Å². The van der Waals surface area contributed by atoms with Crippen LogP contribution in [-0.2, 0) is 11.4 Å². The maximum atomic E-state index is 13.7. The van der Waals surface area contributed by atoms with Crippen LogP contribution in [-0.4, -0.2) is 17.3 Å². The van der Waals surface area contributed by atoms with E-state index >= 15 is 0 Å². The van der Waals surface area contributed by atoms with Gasteiger partial charge in [-0.25, -0.2) is 4.39 Å². The van der Waals surface area contributed by atoms with Crippen LogP contribution >= 0.6 is 39.9 Å². The molecule has 0 aromatic heterocycles. The summed E-state index contributed by atoms with van der Waals surface area (Å²) in [4.78, 5) is 14.8. The van der Waals surface area contributed by atoms with Crippen LogP contribution in [0.2, 0.25) is 0 Å². The molecule has 1 amide bonds. The van der Waals surface area contributed by atoms with E-state index in [0.29, 0.717) is 37.5 Å². The molecule has 5 rings (SSSR count). The molecule has 0 saturated carbocycles. The van der Waals surface area contributed by atoms with Crippen molar-refractivity contribution in [3.05, 3.63) is 105 Å². The van der Waals surface area contributed by atoms with Crippen LogP contribution < -0.4 is 14.4 Å². The van der Waals surface area contributed by atoms with Crippen LogP contribution in [0.4, 0.5) is 10.1 Å². The molecular weight excluding hydrogens is 561 g/mol. The number of thioether (sulfide) groups is 1. The Labute approximate surface area is 225 Å². The fourth-order valence-electron chi connectivity index (χ4n) is 3.99. The third-order valence-corrected chi connectivity index (χ3v) is 7.55. The highest BCUT2D eigenvalue weighted by Crippen LogP contribution is 2.40. The largest absolute Gasteiger partial charge is 0.493 e. The van der Waals surface area contributed by atoms with Gasteiger partial charge in [0.05, 0.1) is 22.2 Å². The van der Waals surface area contributed by atoms with Crippen molar-refractivity contribution in [2.45, 2.75) is 6.61 Å². The summed E-state index contributed by atoms with van der Waals surface area (Å²) in [5, 5.41) is 2.28. The molecule has 4 aromatic rings. The van der Waals surface area contributed by atoms with Crippen LogP contribution in [0.25, 0.3) is 16.8 Å². The van der Waals surface area contributed by atoms with Gasteiger partial charge in [0, 0.05) is 0 Å². The number of thiocarbonyl (C=S) groups is 1. The second kappa shape index (κ2) is 10.4. The molecule has 0 bridgehead atoms. The number of ether oxygens (including phenoxy) is 2. The summed E-state index contributed by atoms with van der Waals surface area (Å²) in [6.45, 7) is 0.363. The van der Waals surface area contributed by atoms with Gasteiger partial charge in [0.2, 0.25) is 0 Å². The Hall–Kier alpha value is -3.20. The van der Waals surface area contributed by atoms with E-state index in [1.165, 1.54) is 28.8 Å². The maximum absolute atomic E-state index is 13.7. The van der Waals surface area contributed by atoms with Crippen molar-refractivity contribution in [1.82, 2.24) is 0 Å². The van der Waals surface area contributed by atoms with Gasteiger partial charge in [-0.1, -0.05) is 72.5 Å². The van der Waals surface area contributed by atoms with E-state index in [0.717, 1.165) is 21.9 Å². The quantitative estimate of drug-likeness (QED) is 0.172. The lowest BCUT2D eigenvalue weighted by Crippen LogP contribution is -2.27. The lowest BCUT2D eigenvalue weighted by Gasteiger charge is -2.15. The van der Waals surface area contributed by atoms with Gasteiger partial charge in [0.15, 0.2) is 15.8 Å². The lowest BCUT2D eigenvalue weighted by atomic mass is 10.1. The third kappa shape index (κ3) is 4.89. The molecule has 0 aliphatic carbocycles. The van der Waals surface area contributed by atoms with Crippen LogP contribution in [0, 0.1) is 5.82 Å². The Kier molecular flexibility index (Phi) is 7.09. The molecule has 0 spiro atoms. The normalized spacial score (nSPS) is 14.6. The minimum Gasteiger partial charge on any atom is -0.493 e. The Morgan fingerprint density at radius 2 is 1.83 bits per heavy atom. The molecule has 1 heterocycles. The summed E-state index contributed by atoms with van der Waals surface area (Å²) in [7, 11) is 1.57. The molecule has 0 N–H and O–H groups in total. The number of hydrogen-bond acceptors (Lipinski definition) is 5. The SMILES string of the molecule is COc1cc(/C=C2/SC(=S)N(c3cccc(F)c3)C2=O)cc(Br)c1OCc1cccc2ccccc12. The van der Waals surface area contributed by atoms with E-state index in [1.54, 1.807) is 31.4 Å². The second-order valence-corrected chi connectivity index (χ2v) is 10.5. The average Bonchev–Trinajstić information content (AvgIpc) is 3.15. The van der Waals surface area contributed by atoms with Crippen LogP contribution in [0.15, 0.2) is 88.2 Å². The fourth-order valence-corrected chi connectivity index (χ4v) is 5.86. The van der Waals surface area contributed by atoms with Crippen molar-refractivity contribution in [2.75, 3.05) is 12.0 Å². The van der Waals surface area contributed by atoms with Gasteiger partial charge in [-0.3, -0.25) is 9.69 Å².